The Morgan fingerprint density at radius 3 is 2.74 bits per heavy atom. The second-order valence-corrected chi connectivity index (χ2v) is 8.10. The maximum absolute atomic E-state index is 11.7. The highest BCUT2D eigenvalue weighted by atomic mass is 16.7. The van der Waals surface area contributed by atoms with Gasteiger partial charge in [0.15, 0.2) is 6.10 Å². The number of carboxylic acids is 1. The molecule has 0 unspecified atom stereocenters. The molecule has 2 aliphatic carbocycles. The smallest absolute Gasteiger partial charge is 0.480 e. The number of aliphatic hydroxyl groups excluding tert-OH is 1. The lowest BCUT2D eigenvalue weighted by Crippen LogP contribution is -2.25. The number of aliphatic carboxylic acids is 1. The number of carbonyl (C=O) groups excluding carboxylic acids is 1. The molecule has 0 saturated heterocycles. The van der Waals surface area contributed by atoms with Crippen molar-refractivity contribution in [3.63, 3.8) is 0 Å². The summed E-state index contributed by atoms with van der Waals surface area (Å²) in [6.45, 7) is 3.85. The fourth-order valence-electron chi connectivity index (χ4n) is 4.24. The van der Waals surface area contributed by atoms with Crippen molar-refractivity contribution in [1.82, 2.24) is 0 Å². The Balaban J connectivity index is 2.05. The van der Waals surface area contributed by atoms with Crippen molar-refractivity contribution in [2.45, 2.75) is 58.2 Å². The van der Waals surface area contributed by atoms with Crippen LogP contribution in [-0.2, 0) is 19.0 Å². The third-order valence-electron chi connectivity index (χ3n) is 5.79. The highest BCUT2D eigenvalue weighted by Crippen LogP contribution is 2.49. The first kappa shape index (κ1) is 24.8. The fraction of sp³-hybridized carbons (Fsp3) is 0.667. The van der Waals surface area contributed by atoms with Gasteiger partial charge >= 0.3 is 12.1 Å². The molecule has 0 amide bonds. The van der Waals surface area contributed by atoms with E-state index in [2.05, 4.69) is 28.4 Å². The molecule has 0 bridgehead atoms. The van der Waals surface area contributed by atoms with Crippen molar-refractivity contribution >= 4 is 12.1 Å². The van der Waals surface area contributed by atoms with E-state index in [4.69, 9.17) is 14.6 Å². The standard InChI is InChI=1S/C24H32O7/c1-4-5-6-7-16(2)22(31-24(28)29-3)9-8-19-20-13-17(10-11-30-15-23(26)27)12-18(20)14-21(19)25/h10,16,18-22,25H,4,7,11-15H2,1-3H3,(H,26,27)/b17-10+/t16-,18-,19+,20-,21+,22+/m0/s1. The molecule has 0 aliphatic heterocycles. The van der Waals surface area contributed by atoms with Crippen LogP contribution in [0.15, 0.2) is 11.6 Å². The van der Waals surface area contributed by atoms with Crippen LogP contribution in [0.4, 0.5) is 4.79 Å². The lowest BCUT2D eigenvalue weighted by molar-refractivity contribution is -0.141. The van der Waals surface area contributed by atoms with Gasteiger partial charge in [0.2, 0.25) is 0 Å². The topological polar surface area (TPSA) is 102 Å². The molecule has 2 N–H and O–H groups in total. The number of allylic oxidation sites excluding steroid dienone is 1. The van der Waals surface area contributed by atoms with Crippen LogP contribution in [0.1, 0.15) is 46.0 Å². The zero-order valence-electron chi connectivity index (χ0n) is 18.4. The second-order valence-electron chi connectivity index (χ2n) is 8.10. The van der Waals surface area contributed by atoms with Gasteiger partial charge in [0.25, 0.3) is 0 Å². The summed E-state index contributed by atoms with van der Waals surface area (Å²) in [5.41, 5.74) is 1.21. The Bertz CT molecular complexity index is 779. The van der Waals surface area contributed by atoms with Crippen molar-refractivity contribution in [2.75, 3.05) is 20.3 Å². The van der Waals surface area contributed by atoms with Crippen LogP contribution in [-0.4, -0.2) is 54.9 Å². The van der Waals surface area contributed by atoms with Crippen LogP contribution >= 0.6 is 0 Å². The second kappa shape index (κ2) is 12.4. The van der Waals surface area contributed by atoms with Gasteiger partial charge in [-0.3, -0.25) is 0 Å². The maximum atomic E-state index is 11.7. The van der Waals surface area contributed by atoms with Crippen LogP contribution in [0.25, 0.3) is 0 Å². The molecule has 0 aromatic rings. The van der Waals surface area contributed by atoms with Gasteiger partial charge < -0.3 is 24.4 Å². The van der Waals surface area contributed by atoms with Gasteiger partial charge in [-0.2, -0.15) is 0 Å². The molecular formula is C24H32O7. The third-order valence-corrected chi connectivity index (χ3v) is 5.79. The van der Waals surface area contributed by atoms with E-state index in [1.54, 1.807) is 0 Å². The summed E-state index contributed by atoms with van der Waals surface area (Å²) in [4.78, 5) is 22.2. The van der Waals surface area contributed by atoms with Gasteiger partial charge in [-0.05, 0) is 31.1 Å². The molecular weight excluding hydrogens is 400 g/mol. The zero-order chi connectivity index (χ0) is 22.8. The number of carboxylic acid groups (broad SMARTS) is 1. The Morgan fingerprint density at radius 1 is 1.29 bits per heavy atom. The molecule has 170 valence electrons. The van der Waals surface area contributed by atoms with Gasteiger partial charge in [-0.1, -0.05) is 37.3 Å². The van der Waals surface area contributed by atoms with Crippen molar-refractivity contribution in [2.24, 2.45) is 23.7 Å². The van der Waals surface area contributed by atoms with Crippen molar-refractivity contribution < 1.29 is 34.0 Å². The summed E-state index contributed by atoms with van der Waals surface area (Å²) in [6.07, 6.45) is 3.63. The minimum absolute atomic E-state index is 0.0922. The van der Waals surface area contributed by atoms with Gasteiger partial charge in [0.05, 0.1) is 19.8 Å². The largest absolute Gasteiger partial charge is 0.509 e. The van der Waals surface area contributed by atoms with E-state index in [9.17, 15) is 14.7 Å². The lowest BCUT2D eigenvalue weighted by atomic mass is 9.91. The van der Waals surface area contributed by atoms with Gasteiger partial charge in [0, 0.05) is 24.7 Å². The number of methoxy groups -OCH3 is 1. The van der Waals surface area contributed by atoms with E-state index in [0.717, 1.165) is 19.3 Å². The summed E-state index contributed by atoms with van der Waals surface area (Å²) < 4.78 is 15.1. The molecule has 2 saturated carbocycles. The van der Waals surface area contributed by atoms with E-state index < -0.39 is 24.3 Å². The number of aliphatic hydroxyl groups is 1. The molecule has 0 aromatic carbocycles. The number of ether oxygens (including phenoxy) is 3. The van der Waals surface area contributed by atoms with E-state index in [-0.39, 0.29) is 31.0 Å². The Kier molecular flexibility index (Phi) is 9.91. The number of carbonyl (C=O) groups is 2. The molecule has 31 heavy (non-hydrogen) atoms. The summed E-state index contributed by atoms with van der Waals surface area (Å²) >= 11 is 0. The van der Waals surface area contributed by atoms with Gasteiger partial charge in [0.1, 0.15) is 6.61 Å². The monoisotopic (exact) mass is 432 g/mol. The van der Waals surface area contributed by atoms with Crippen LogP contribution in [0.5, 0.6) is 0 Å². The normalized spacial score (nSPS) is 27.3. The highest BCUT2D eigenvalue weighted by Gasteiger charge is 2.45. The minimum atomic E-state index is -0.987. The lowest BCUT2D eigenvalue weighted by Gasteiger charge is -2.19. The van der Waals surface area contributed by atoms with E-state index in [1.165, 1.54) is 12.7 Å². The average molecular weight is 433 g/mol. The van der Waals surface area contributed by atoms with Crippen molar-refractivity contribution in [3.05, 3.63) is 11.6 Å². The first-order valence-corrected chi connectivity index (χ1v) is 10.7. The van der Waals surface area contributed by atoms with Crippen LogP contribution in [0, 0.1) is 47.4 Å². The van der Waals surface area contributed by atoms with Crippen LogP contribution in [0.2, 0.25) is 0 Å². The van der Waals surface area contributed by atoms with E-state index in [1.807, 2.05) is 19.9 Å². The average Bonchev–Trinajstić information content (AvgIpc) is 3.24. The molecule has 2 aliphatic rings. The van der Waals surface area contributed by atoms with Crippen molar-refractivity contribution in [1.29, 1.82) is 0 Å². The van der Waals surface area contributed by atoms with E-state index >= 15 is 0 Å². The fourth-order valence-corrected chi connectivity index (χ4v) is 4.24. The summed E-state index contributed by atoms with van der Waals surface area (Å²) in [5, 5.41) is 19.2. The predicted octanol–water partition coefficient (Wildman–Crippen LogP) is 3.02. The molecule has 0 heterocycles. The Labute approximate surface area is 184 Å². The molecule has 0 radical (unpaired) electrons. The minimum Gasteiger partial charge on any atom is -0.480 e. The number of hydrogen-bond donors (Lipinski definition) is 2. The SMILES string of the molecule is CCC#CC[C@H](C)[C@@H](C#C[C@@H]1[C@H]2C/C(=C/COCC(=O)O)C[C@H]2C[C@H]1O)OC(=O)OC. The molecule has 0 aromatic heterocycles. The van der Waals surface area contributed by atoms with Crippen molar-refractivity contribution in [3.8, 4) is 23.7 Å². The van der Waals surface area contributed by atoms with Gasteiger partial charge in [-0.15, -0.1) is 11.8 Å². The molecule has 7 nitrogen and oxygen atoms in total. The van der Waals surface area contributed by atoms with Crippen LogP contribution in [0.3, 0.4) is 0 Å². The number of hydrogen-bond acceptors (Lipinski definition) is 6. The number of fused-ring (bicyclic) bond motifs is 1. The van der Waals surface area contributed by atoms with Gasteiger partial charge in [-0.25, -0.2) is 9.59 Å². The summed E-state index contributed by atoms with van der Waals surface area (Å²) in [7, 11) is 1.26. The highest BCUT2D eigenvalue weighted by molar-refractivity contribution is 5.68. The quantitative estimate of drug-likeness (QED) is 0.276. The Morgan fingerprint density at radius 2 is 2.06 bits per heavy atom. The first-order valence-electron chi connectivity index (χ1n) is 10.7. The summed E-state index contributed by atoms with van der Waals surface area (Å²) in [6, 6.07) is 0. The van der Waals surface area contributed by atoms with E-state index in [0.29, 0.717) is 18.8 Å². The predicted molar refractivity (Wildman–Crippen MR) is 114 cm³/mol. The van der Waals surface area contributed by atoms with Crippen LogP contribution < -0.4 is 0 Å². The molecule has 7 heteroatoms. The Hall–Kier alpha value is -2.48. The maximum Gasteiger partial charge on any atom is 0.509 e. The third kappa shape index (κ3) is 7.61. The molecule has 2 fully saturated rings. The summed E-state index contributed by atoms with van der Waals surface area (Å²) in [5.74, 6) is 11.6. The first-order chi connectivity index (χ1) is 14.8. The number of rotatable bonds is 7. The molecule has 6 atom stereocenters. The molecule has 0 spiro atoms. The molecule has 2 rings (SSSR count). The zero-order valence-corrected chi connectivity index (χ0v) is 18.4.